The van der Waals surface area contributed by atoms with E-state index in [0.717, 1.165) is 11.1 Å². The average Bonchev–Trinajstić information content (AvgIpc) is 2.89. The summed E-state index contributed by atoms with van der Waals surface area (Å²) in [6, 6.07) is 15.5. The van der Waals surface area contributed by atoms with Crippen LogP contribution in [-0.2, 0) is 14.9 Å². The van der Waals surface area contributed by atoms with E-state index in [-0.39, 0.29) is 11.4 Å². The van der Waals surface area contributed by atoms with Gasteiger partial charge >= 0.3 is 5.97 Å². The first kappa shape index (κ1) is 16.5. The molecule has 1 aliphatic rings. The first-order valence-electron chi connectivity index (χ1n) is 7.85. The highest BCUT2D eigenvalue weighted by molar-refractivity contribution is 6.30. The Kier molecular flexibility index (Phi) is 4.33. The fourth-order valence-electron chi connectivity index (χ4n) is 2.50. The molecule has 0 aliphatic carbocycles. The third kappa shape index (κ3) is 3.60. The number of rotatable bonds is 2. The molecule has 24 heavy (non-hydrogen) atoms. The van der Waals surface area contributed by atoms with Crippen LogP contribution in [0.5, 0.6) is 0 Å². The molecule has 0 amide bonds. The summed E-state index contributed by atoms with van der Waals surface area (Å²) < 4.78 is 5.36. The van der Waals surface area contributed by atoms with Crippen LogP contribution in [0.15, 0.2) is 60.2 Å². The maximum Gasteiger partial charge on any atom is 0.343 e. The number of ether oxygens (including phenoxy) is 1. The summed E-state index contributed by atoms with van der Waals surface area (Å²) in [5.74, 6) is 0.217. The monoisotopic (exact) mass is 338 g/mol. The highest BCUT2D eigenvalue weighted by Crippen LogP contribution is 2.29. The molecule has 2 aromatic rings. The molecule has 122 valence electrons. The SMILES string of the molecule is CC(C)(C)c1ccc(C=C2C=C(c3ccc(Cl)cc3)OC2=O)cc1. The van der Waals surface area contributed by atoms with E-state index in [4.69, 9.17) is 16.3 Å². The van der Waals surface area contributed by atoms with Gasteiger partial charge in [-0.2, -0.15) is 0 Å². The number of halogens is 1. The molecule has 0 unspecified atom stereocenters. The number of benzene rings is 2. The lowest BCUT2D eigenvalue weighted by Crippen LogP contribution is -2.10. The Morgan fingerprint density at radius 3 is 2.17 bits per heavy atom. The first-order valence-corrected chi connectivity index (χ1v) is 8.23. The molecule has 0 saturated carbocycles. The highest BCUT2D eigenvalue weighted by Gasteiger charge is 2.22. The molecule has 0 aromatic heterocycles. The smallest absolute Gasteiger partial charge is 0.343 e. The van der Waals surface area contributed by atoms with Crippen LogP contribution in [0.4, 0.5) is 0 Å². The van der Waals surface area contributed by atoms with Gasteiger partial charge in [0.2, 0.25) is 0 Å². The normalized spacial score (nSPS) is 16.2. The van der Waals surface area contributed by atoms with E-state index >= 15 is 0 Å². The van der Waals surface area contributed by atoms with E-state index < -0.39 is 0 Å². The van der Waals surface area contributed by atoms with Crippen molar-refractivity contribution in [2.45, 2.75) is 26.2 Å². The van der Waals surface area contributed by atoms with Crippen molar-refractivity contribution in [3.63, 3.8) is 0 Å². The van der Waals surface area contributed by atoms with E-state index in [1.807, 2.05) is 30.3 Å². The van der Waals surface area contributed by atoms with Gasteiger partial charge in [-0.25, -0.2) is 4.79 Å². The maximum absolute atomic E-state index is 12.1. The minimum atomic E-state index is -0.333. The summed E-state index contributed by atoms with van der Waals surface area (Å²) in [6.45, 7) is 6.53. The summed E-state index contributed by atoms with van der Waals surface area (Å²) >= 11 is 5.89. The third-order valence-corrected chi connectivity index (χ3v) is 4.20. The Bertz CT molecular complexity index is 820. The van der Waals surface area contributed by atoms with Crippen LogP contribution in [0.25, 0.3) is 11.8 Å². The number of carbonyl (C=O) groups excluding carboxylic acids is 1. The van der Waals surface area contributed by atoms with Crippen LogP contribution >= 0.6 is 11.6 Å². The van der Waals surface area contributed by atoms with Gasteiger partial charge in [-0.05, 0) is 53.0 Å². The van der Waals surface area contributed by atoms with Crippen LogP contribution in [0.1, 0.15) is 37.5 Å². The predicted molar refractivity (Wildman–Crippen MR) is 98.6 cm³/mol. The number of hydrogen-bond acceptors (Lipinski definition) is 2. The second-order valence-electron chi connectivity index (χ2n) is 6.88. The molecular weight excluding hydrogens is 320 g/mol. The lowest BCUT2D eigenvalue weighted by Gasteiger charge is -2.18. The van der Waals surface area contributed by atoms with E-state index in [9.17, 15) is 4.79 Å². The topological polar surface area (TPSA) is 26.3 Å². The Morgan fingerprint density at radius 1 is 0.958 bits per heavy atom. The van der Waals surface area contributed by atoms with Crippen molar-refractivity contribution in [2.75, 3.05) is 0 Å². The van der Waals surface area contributed by atoms with Gasteiger partial charge < -0.3 is 4.74 Å². The molecule has 0 radical (unpaired) electrons. The highest BCUT2D eigenvalue weighted by atomic mass is 35.5. The number of carbonyl (C=O) groups is 1. The van der Waals surface area contributed by atoms with Gasteiger partial charge in [-0.3, -0.25) is 0 Å². The number of esters is 1. The Labute approximate surface area is 147 Å². The molecule has 1 heterocycles. The van der Waals surface area contributed by atoms with Crippen molar-refractivity contribution in [1.82, 2.24) is 0 Å². The van der Waals surface area contributed by atoms with Crippen LogP contribution < -0.4 is 0 Å². The van der Waals surface area contributed by atoms with Gasteiger partial charge in [0.1, 0.15) is 5.76 Å². The molecule has 3 heteroatoms. The van der Waals surface area contributed by atoms with Gasteiger partial charge in [-0.15, -0.1) is 0 Å². The van der Waals surface area contributed by atoms with Crippen molar-refractivity contribution in [3.8, 4) is 0 Å². The Balaban J connectivity index is 1.87. The van der Waals surface area contributed by atoms with Gasteiger partial charge in [-0.1, -0.05) is 56.6 Å². The van der Waals surface area contributed by atoms with E-state index in [2.05, 4.69) is 32.9 Å². The van der Waals surface area contributed by atoms with Crippen molar-refractivity contribution in [1.29, 1.82) is 0 Å². The van der Waals surface area contributed by atoms with E-state index in [0.29, 0.717) is 16.4 Å². The Hall–Kier alpha value is -2.32. The largest absolute Gasteiger partial charge is 0.422 e. The van der Waals surface area contributed by atoms with Crippen LogP contribution in [0.3, 0.4) is 0 Å². The lowest BCUT2D eigenvalue weighted by molar-refractivity contribution is -0.130. The molecule has 0 atom stereocenters. The summed E-state index contributed by atoms with van der Waals surface area (Å²) in [5.41, 5.74) is 3.72. The minimum absolute atomic E-state index is 0.111. The zero-order valence-electron chi connectivity index (χ0n) is 14.0. The molecule has 2 aromatic carbocycles. The molecule has 0 bridgehead atoms. The molecule has 0 spiro atoms. The van der Waals surface area contributed by atoms with Crippen LogP contribution in [-0.4, -0.2) is 5.97 Å². The lowest BCUT2D eigenvalue weighted by atomic mass is 9.86. The molecule has 0 N–H and O–H groups in total. The fourth-order valence-corrected chi connectivity index (χ4v) is 2.63. The molecule has 2 nitrogen and oxygen atoms in total. The second kappa shape index (κ2) is 6.29. The molecule has 0 saturated heterocycles. The minimum Gasteiger partial charge on any atom is -0.422 e. The van der Waals surface area contributed by atoms with Gasteiger partial charge in [0.25, 0.3) is 0 Å². The Morgan fingerprint density at radius 2 is 1.58 bits per heavy atom. The zero-order chi connectivity index (χ0) is 17.3. The third-order valence-electron chi connectivity index (χ3n) is 3.95. The average molecular weight is 339 g/mol. The van der Waals surface area contributed by atoms with E-state index in [1.54, 1.807) is 18.2 Å². The quantitative estimate of drug-likeness (QED) is 0.525. The molecule has 3 rings (SSSR count). The van der Waals surface area contributed by atoms with Gasteiger partial charge in [0.15, 0.2) is 0 Å². The zero-order valence-corrected chi connectivity index (χ0v) is 14.7. The summed E-state index contributed by atoms with van der Waals surface area (Å²) in [4.78, 5) is 12.1. The molecular formula is C21H19ClO2. The molecule has 0 fully saturated rings. The fraction of sp³-hybridized carbons (Fsp3) is 0.190. The summed E-state index contributed by atoms with van der Waals surface area (Å²) in [7, 11) is 0. The van der Waals surface area contributed by atoms with Crippen molar-refractivity contribution < 1.29 is 9.53 Å². The second-order valence-corrected chi connectivity index (χ2v) is 7.31. The van der Waals surface area contributed by atoms with E-state index in [1.165, 1.54) is 5.56 Å². The molecule has 1 aliphatic heterocycles. The van der Waals surface area contributed by atoms with Gasteiger partial charge in [0.05, 0.1) is 5.57 Å². The standard InChI is InChI=1S/C21H19ClO2/c1-21(2,3)17-8-4-14(5-9-17)12-16-13-19(24-20(16)23)15-6-10-18(22)11-7-15/h4-13H,1-3H3. The summed E-state index contributed by atoms with van der Waals surface area (Å²) in [6.07, 6.45) is 3.61. The van der Waals surface area contributed by atoms with Crippen molar-refractivity contribution >= 4 is 29.4 Å². The van der Waals surface area contributed by atoms with Gasteiger partial charge in [0, 0.05) is 10.6 Å². The van der Waals surface area contributed by atoms with Crippen molar-refractivity contribution in [2.24, 2.45) is 0 Å². The predicted octanol–water partition coefficient (Wildman–Crippen LogP) is 5.62. The van der Waals surface area contributed by atoms with Crippen LogP contribution in [0.2, 0.25) is 5.02 Å². The number of hydrogen-bond donors (Lipinski definition) is 0. The first-order chi connectivity index (χ1) is 11.3. The summed E-state index contributed by atoms with van der Waals surface area (Å²) in [5, 5.41) is 0.651. The maximum atomic E-state index is 12.1. The van der Waals surface area contributed by atoms with Crippen LogP contribution in [0, 0.1) is 0 Å². The van der Waals surface area contributed by atoms with Crippen molar-refractivity contribution in [3.05, 3.63) is 81.9 Å². The number of cyclic esters (lactones) is 1.